The van der Waals surface area contributed by atoms with Gasteiger partial charge < -0.3 is 19.5 Å². The zero-order valence-corrected chi connectivity index (χ0v) is 9.26. The SMILES string of the molecule is O=C(c1ccc2c(c1)OCO2)N1CC[C@H](O)C1. The summed E-state index contributed by atoms with van der Waals surface area (Å²) in [6.45, 7) is 1.22. The zero-order chi connectivity index (χ0) is 11.8. The van der Waals surface area contributed by atoms with Crippen molar-refractivity contribution >= 4 is 5.91 Å². The van der Waals surface area contributed by atoms with Crippen LogP contribution in [0.4, 0.5) is 0 Å². The van der Waals surface area contributed by atoms with E-state index in [1.807, 2.05) is 0 Å². The predicted octanol–water partition coefficient (Wildman–Crippen LogP) is 0.622. The van der Waals surface area contributed by atoms with Gasteiger partial charge in [0.05, 0.1) is 6.10 Å². The van der Waals surface area contributed by atoms with Gasteiger partial charge in [0.25, 0.3) is 5.91 Å². The lowest BCUT2D eigenvalue weighted by atomic mass is 10.2. The van der Waals surface area contributed by atoms with Crippen molar-refractivity contribution in [3.63, 3.8) is 0 Å². The lowest BCUT2D eigenvalue weighted by Crippen LogP contribution is -2.29. The van der Waals surface area contributed by atoms with Gasteiger partial charge in [0, 0.05) is 18.7 Å². The van der Waals surface area contributed by atoms with Crippen molar-refractivity contribution in [3.05, 3.63) is 23.8 Å². The molecule has 1 aromatic carbocycles. The van der Waals surface area contributed by atoms with E-state index in [0.29, 0.717) is 36.6 Å². The molecule has 90 valence electrons. The number of aliphatic hydroxyl groups is 1. The van der Waals surface area contributed by atoms with Crippen LogP contribution < -0.4 is 9.47 Å². The molecule has 0 unspecified atom stereocenters. The second kappa shape index (κ2) is 3.92. The first-order valence-electron chi connectivity index (χ1n) is 5.61. The lowest BCUT2D eigenvalue weighted by Gasteiger charge is -2.15. The standard InChI is InChI=1S/C12H13NO4/c14-9-3-4-13(6-9)12(15)8-1-2-10-11(5-8)17-7-16-10/h1-2,5,9,14H,3-4,6-7H2/t9-/m0/s1. The maximum absolute atomic E-state index is 12.1. The lowest BCUT2D eigenvalue weighted by molar-refractivity contribution is 0.0764. The Kier molecular flexibility index (Phi) is 2.40. The highest BCUT2D eigenvalue weighted by Gasteiger charge is 2.26. The predicted molar refractivity (Wildman–Crippen MR) is 59.1 cm³/mol. The number of likely N-dealkylation sites (tertiary alicyclic amines) is 1. The van der Waals surface area contributed by atoms with E-state index in [9.17, 15) is 9.90 Å². The van der Waals surface area contributed by atoms with Gasteiger partial charge in [0.1, 0.15) is 0 Å². The second-order valence-corrected chi connectivity index (χ2v) is 4.26. The quantitative estimate of drug-likeness (QED) is 0.775. The van der Waals surface area contributed by atoms with Crippen LogP contribution in [0.5, 0.6) is 11.5 Å². The van der Waals surface area contributed by atoms with E-state index in [0.717, 1.165) is 0 Å². The molecular weight excluding hydrogens is 222 g/mol. The van der Waals surface area contributed by atoms with Crippen molar-refractivity contribution in [2.24, 2.45) is 0 Å². The largest absolute Gasteiger partial charge is 0.454 e. The van der Waals surface area contributed by atoms with Gasteiger partial charge in [-0.2, -0.15) is 0 Å². The van der Waals surface area contributed by atoms with Crippen molar-refractivity contribution in [3.8, 4) is 11.5 Å². The molecule has 1 amide bonds. The summed E-state index contributed by atoms with van der Waals surface area (Å²) < 4.78 is 10.4. The highest BCUT2D eigenvalue weighted by atomic mass is 16.7. The van der Waals surface area contributed by atoms with Crippen LogP contribution in [-0.2, 0) is 0 Å². The molecular formula is C12H13NO4. The number of amides is 1. The molecule has 5 nitrogen and oxygen atoms in total. The molecule has 1 atom stereocenters. The molecule has 5 heteroatoms. The normalized spacial score (nSPS) is 21.9. The fourth-order valence-corrected chi connectivity index (χ4v) is 2.14. The van der Waals surface area contributed by atoms with Crippen LogP contribution in [0.1, 0.15) is 16.8 Å². The summed E-state index contributed by atoms with van der Waals surface area (Å²) in [5.74, 6) is 1.21. The van der Waals surface area contributed by atoms with Crippen molar-refractivity contribution in [1.82, 2.24) is 4.90 Å². The Morgan fingerprint density at radius 1 is 1.35 bits per heavy atom. The number of ether oxygens (including phenoxy) is 2. The molecule has 0 bridgehead atoms. The Morgan fingerprint density at radius 2 is 2.18 bits per heavy atom. The molecule has 0 saturated carbocycles. The molecule has 2 aliphatic rings. The van der Waals surface area contributed by atoms with Gasteiger partial charge in [-0.25, -0.2) is 0 Å². The molecule has 1 saturated heterocycles. The maximum Gasteiger partial charge on any atom is 0.254 e. The van der Waals surface area contributed by atoms with E-state index < -0.39 is 6.10 Å². The molecule has 2 aliphatic heterocycles. The number of carbonyl (C=O) groups is 1. The first-order chi connectivity index (χ1) is 8.24. The molecule has 0 aliphatic carbocycles. The monoisotopic (exact) mass is 235 g/mol. The average Bonchev–Trinajstić information content (AvgIpc) is 2.95. The van der Waals surface area contributed by atoms with Crippen LogP contribution >= 0.6 is 0 Å². The molecule has 2 heterocycles. The summed E-state index contributed by atoms with van der Waals surface area (Å²) in [6.07, 6.45) is 0.254. The molecule has 0 spiro atoms. The molecule has 3 rings (SSSR count). The van der Waals surface area contributed by atoms with Crippen LogP contribution in [0, 0.1) is 0 Å². The Hall–Kier alpha value is -1.75. The van der Waals surface area contributed by atoms with Crippen molar-refractivity contribution in [2.75, 3.05) is 19.9 Å². The Morgan fingerprint density at radius 3 is 2.94 bits per heavy atom. The fraction of sp³-hybridized carbons (Fsp3) is 0.417. The topological polar surface area (TPSA) is 59.0 Å². The molecule has 1 N–H and O–H groups in total. The third-order valence-corrected chi connectivity index (χ3v) is 3.07. The van der Waals surface area contributed by atoms with Crippen LogP contribution in [0.25, 0.3) is 0 Å². The summed E-state index contributed by atoms with van der Waals surface area (Å²) >= 11 is 0. The summed E-state index contributed by atoms with van der Waals surface area (Å²) in [4.78, 5) is 13.8. The maximum atomic E-state index is 12.1. The number of benzene rings is 1. The average molecular weight is 235 g/mol. The van der Waals surface area contributed by atoms with Gasteiger partial charge in [-0.3, -0.25) is 4.79 Å². The number of aliphatic hydroxyl groups excluding tert-OH is 1. The summed E-state index contributed by atoms with van der Waals surface area (Å²) in [6, 6.07) is 5.15. The number of β-amino-alcohol motifs (C(OH)–C–C–N with tert-alkyl or cyclic N) is 1. The minimum Gasteiger partial charge on any atom is -0.454 e. The first kappa shape index (κ1) is 10.4. The molecule has 1 fully saturated rings. The fourth-order valence-electron chi connectivity index (χ4n) is 2.14. The van der Waals surface area contributed by atoms with Gasteiger partial charge in [-0.1, -0.05) is 0 Å². The van der Waals surface area contributed by atoms with E-state index in [2.05, 4.69) is 0 Å². The van der Waals surface area contributed by atoms with E-state index in [-0.39, 0.29) is 12.7 Å². The van der Waals surface area contributed by atoms with Crippen molar-refractivity contribution in [1.29, 1.82) is 0 Å². The molecule has 1 aromatic rings. The minimum atomic E-state index is -0.395. The number of rotatable bonds is 1. The van der Waals surface area contributed by atoms with Gasteiger partial charge in [0.15, 0.2) is 11.5 Å². The number of nitrogens with zero attached hydrogens (tertiary/aromatic N) is 1. The van der Waals surface area contributed by atoms with Gasteiger partial charge in [-0.15, -0.1) is 0 Å². The number of hydrogen-bond donors (Lipinski definition) is 1. The van der Waals surface area contributed by atoms with E-state index in [4.69, 9.17) is 9.47 Å². The van der Waals surface area contributed by atoms with Crippen LogP contribution in [0.3, 0.4) is 0 Å². The number of hydrogen-bond acceptors (Lipinski definition) is 4. The highest BCUT2D eigenvalue weighted by Crippen LogP contribution is 2.33. The molecule has 0 radical (unpaired) electrons. The second-order valence-electron chi connectivity index (χ2n) is 4.26. The van der Waals surface area contributed by atoms with E-state index in [1.165, 1.54) is 0 Å². The zero-order valence-electron chi connectivity index (χ0n) is 9.26. The minimum absolute atomic E-state index is 0.0696. The summed E-state index contributed by atoms with van der Waals surface area (Å²) in [5, 5.41) is 9.41. The highest BCUT2D eigenvalue weighted by molar-refractivity contribution is 5.95. The van der Waals surface area contributed by atoms with Crippen LogP contribution in [0.15, 0.2) is 18.2 Å². The van der Waals surface area contributed by atoms with Crippen molar-refractivity contribution in [2.45, 2.75) is 12.5 Å². The number of carbonyl (C=O) groups excluding carboxylic acids is 1. The third kappa shape index (κ3) is 1.82. The van der Waals surface area contributed by atoms with Crippen LogP contribution in [-0.4, -0.2) is 41.9 Å². The van der Waals surface area contributed by atoms with Gasteiger partial charge in [-0.05, 0) is 24.6 Å². The molecule has 17 heavy (non-hydrogen) atoms. The van der Waals surface area contributed by atoms with E-state index in [1.54, 1.807) is 23.1 Å². The Labute approximate surface area is 98.6 Å². The summed E-state index contributed by atoms with van der Waals surface area (Å²) in [7, 11) is 0. The van der Waals surface area contributed by atoms with Gasteiger partial charge >= 0.3 is 0 Å². The third-order valence-electron chi connectivity index (χ3n) is 3.07. The van der Waals surface area contributed by atoms with Crippen molar-refractivity contribution < 1.29 is 19.4 Å². The molecule has 0 aromatic heterocycles. The van der Waals surface area contributed by atoms with Crippen LogP contribution in [0.2, 0.25) is 0 Å². The number of fused-ring (bicyclic) bond motifs is 1. The Balaban J connectivity index is 1.82. The first-order valence-corrected chi connectivity index (χ1v) is 5.61. The van der Waals surface area contributed by atoms with E-state index >= 15 is 0 Å². The summed E-state index contributed by atoms with van der Waals surface area (Å²) in [5.41, 5.74) is 0.573. The van der Waals surface area contributed by atoms with Gasteiger partial charge in [0.2, 0.25) is 6.79 Å². The Bertz CT molecular complexity index is 460. The smallest absolute Gasteiger partial charge is 0.254 e.